The SMILES string of the molecule is CCC(C)(C(=O)O)N(O)O.[Rb]. The number of hydroxylamine groups is 2. The van der Waals surface area contributed by atoms with Crippen LogP contribution in [0, 0.1) is 0 Å². The minimum absolute atomic E-state index is 0. The number of carbonyl (C=O) groups is 1. The van der Waals surface area contributed by atoms with Crippen molar-refractivity contribution in [2.75, 3.05) is 0 Å². The molecule has 0 amide bonds. The van der Waals surface area contributed by atoms with E-state index in [1.165, 1.54) is 6.92 Å². The topological polar surface area (TPSA) is 81.0 Å². The molecule has 0 bridgehead atoms. The van der Waals surface area contributed by atoms with Gasteiger partial charge in [0.1, 0.15) is 0 Å². The van der Waals surface area contributed by atoms with Crippen LogP contribution in [0.2, 0.25) is 0 Å². The average Bonchev–Trinajstić information content (AvgIpc) is 1.85. The van der Waals surface area contributed by atoms with Gasteiger partial charge in [0.2, 0.25) is 0 Å². The molecule has 0 heterocycles. The Balaban J connectivity index is 0. The van der Waals surface area contributed by atoms with Crippen LogP contribution in [-0.2, 0) is 4.79 Å². The van der Waals surface area contributed by atoms with Gasteiger partial charge in [-0.15, -0.1) is 0 Å². The Bertz CT molecular complexity index is 140. The van der Waals surface area contributed by atoms with Gasteiger partial charge in [-0.05, 0) is 13.3 Å². The van der Waals surface area contributed by atoms with E-state index in [1.54, 1.807) is 6.92 Å². The van der Waals surface area contributed by atoms with Crippen molar-refractivity contribution in [2.24, 2.45) is 0 Å². The minimum Gasteiger partial charge on any atom is -0.480 e. The zero-order chi connectivity index (χ0) is 8.36. The molecule has 0 saturated carbocycles. The molecule has 5 nitrogen and oxygen atoms in total. The average molecular weight is 235 g/mol. The normalized spacial score (nSPS) is 15.4. The summed E-state index contributed by atoms with van der Waals surface area (Å²) in [6, 6.07) is 0. The van der Waals surface area contributed by atoms with Crippen molar-refractivity contribution in [3.05, 3.63) is 0 Å². The van der Waals surface area contributed by atoms with Crippen molar-refractivity contribution in [1.29, 1.82) is 0 Å². The Morgan fingerprint density at radius 2 is 1.91 bits per heavy atom. The molecule has 0 aliphatic carbocycles. The number of nitrogens with zero attached hydrogens (tertiary/aromatic N) is 1. The maximum Gasteiger partial charge on any atom is 0.328 e. The van der Waals surface area contributed by atoms with Crippen molar-refractivity contribution in [3.8, 4) is 0 Å². The number of hydrogen-bond donors (Lipinski definition) is 3. The van der Waals surface area contributed by atoms with Crippen LogP contribution in [-0.4, -0.2) is 90.4 Å². The Morgan fingerprint density at radius 3 is 1.91 bits per heavy atom. The first-order valence-electron chi connectivity index (χ1n) is 2.86. The molecule has 11 heavy (non-hydrogen) atoms. The van der Waals surface area contributed by atoms with Gasteiger partial charge >= 0.3 is 5.97 Å². The number of carboxylic acids is 1. The predicted octanol–water partition coefficient (Wildman–Crippen LogP) is -0.0607. The largest absolute Gasteiger partial charge is 0.480 e. The molecular weight excluding hydrogens is 224 g/mol. The fourth-order valence-corrected chi connectivity index (χ4v) is 0.378. The van der Waals surface area contributed by atoms with Crippen LogP contribution >= 0.6 is 0 Å². The molecule has 0 fully saturated rings. The summed E-state index contributed by atoms with van der Waals surface area (Å²) in [6.07, 6.45) is 0.120. The number of aliphatic carboxylic acids is 1. The van der Waals surface area contributed by atoms with Gasteiger partial charge in [0.15, 0.2) is 5.54 Å². The van der Waals surface area contributed by atoms with E-state index in [2.05, 4.69) is 0 Å². The first-order chi connectivity index (χ1) is 4.45. The van der Waals surface area contributed by atoms with Crippen LogP contribution < -0.4 is 0 Å². The molecule has 0 aliphatic heterocycles. The first kappa shape index (κ1) is 14.7. The van der Waals surface area contributed by atoms with E-state index >= 15 is 0 Å². The first-order valence-corrected chi connectivity index (χ1v) is 2.86. The Kier molecular flexibility index (Phi) is 7.66. The van der Waals surface area contributed by atoms with Crippen LogP contribution in [0.1, 0.15) is 20.3 Å². The third-order valence-corrected chi connectivity index (χ3v) is 1.59. The van der Waals surface area contributed by atoms with Crippen molar-refractivity contribution in [3.63, 3.8) is 0 Å². The molecule has 0 rings (SSSR count). The number of hydrogen-bond acceptors (Lipinski definition) is 4. The van der Waals surface area contributed by atoms with E-state index < -0.39 is 11.5 Å². The molecule has 1 atom stereocenters. The zero-order valence-electron chi connectivity index (χ0n) is 6.90. The summed E-state index contributed by atoms with van der Waals surface area (Å²) in [5.41, 5.74) is -1.60. The van der Waals surface area contributed by atoms with Crippen molar-refractivity contribution < 1.29 is 20.3 Å². The van der Waals surface area contributed by atoms with Crippen LogP contribution in [0.25, 0.3) is 0 Å². The zero-order valence-corrected chi connectivity index (χ0v) is 11.8. The van der Waals surface area contributed by atoms with Gasteiger partial charge in [0, 0.05) is 58.2 Å². The molecule has 0 aromatic carbocycles. The quantitative estimate of drug-likeness (QED) is 0.596. The van der Waals surface area contributed by atoms with Crippen molar-refractivity contribution >= 4 is 64.2 Å². The maximum absolute atomic E-state index is 10.3. The Hall–Kier alpha value is 1.16. The van der Waals surface area contributed by atoms with Gasteiger partial charge in [-0.3, -0.25) is 15.2 Å². The minimum atomic E-state index is -1.60. The second-order valence-electron chi connectivity index (χ2n) is 2.22. The number of carboxylic acid groups (broad SMARTS) is 1. The molecule has 0 aliphatic rings. The molecule has 3 N–H and O–H groups in total. The summed E-state index contributed by atoms with van der Waals surface area (Å²) in [6.45, 7) is 2.77. The van der Waals surface area contributed by atoms with E-state index in [4.69, 9.17) is 15.5 Å². The molecule has 1 unspecified atom stereocenters. The molecule has 0 aromatic rings. The molecular formula is C5H11NO4Rb. The van der Waals surface area contributed by atoms with Crippen molar-refractivity contribution in [2.45, 2.75) is 25.8 Å². The van der Waals surface area contributed by atoms with Crippen LogP contribution in [0.5, 0.6) is 0 Å². The Morgan fingerprint density at radius 1 is 1.55 bits per heavy atom. The summed E-state index contributed by atoms with van der Waals surface area (Å²) < 4.78 is 0. The van der Waals surface area contributed by atoms with Crippen LogP contribution in [0.15, 0.2) is 0 Å². The van der Waals surface area contributed by atoms with Gasteiger partial charge < -0.3 is 5.11 Å². The van der Waals surface area contributed by atoms with E-state index in [1.807, 2.05) is 0 Å². The third kappa shape index (κ3) is 3.58. The molecule has 1 radical (unpaired) electrons. The summed E-state index contributed by atoms with van der Waals surface area (Å²) in [4.78, 5) is 10.3. The smallest absolute Gasteiger partial charge is 0.328 e. The maximum atomic E-state index is 10.3. The molecule has 0 spiro atoms. The van der Waals surface area contributed by atoms with Gasteiger partial charge in [-0.1, -0.05) is 12.2 Å². The molecule has 0 aromatic heterocycles. The second kappa shape index (κ2) is 5.74. The van der Waals surface area contributed by atoms with E-state index in [9.17, 15) is 4.79 Å². The summed E-state index contributed by atoms with van der Waals surface area (Å²) in [5, 5.41) is 25.1. The molecule has 6 heteroatoms. The van der Waals surface area contributed by atoms with E-state index in [0.717, 1.165) is 0 Å². The third-order valence-electron chi connectivity index (χ3n) is 1.59. The van der Waals surface area contributed by atoms with Gasteiger partial charge in [-0.25, -0.2) is 0 Å². The molecule has 0 saturated heterocycles. The fourth-order valence-electron chi connectivity index (χ4n) is 0.378. The number of rotatable bonds is 3. The van der Waals surface area contributed by atoms with Gasteiger partial charge in [0.25, 0.3) is 0 Å². The summed E-state index contributed by atoms with van der Waals surface area (Å²) in [7, 11) is 0. The van der Waals surface area contributed by atoms with E-state index in [0.29, 0.717) is 0 Å². The summed E-state index contributed by atoms with van der Waals surface area (Å²) in [5.74, 6) is -1.26. The summed E-state index contributed by atoms with van der Waals surface area (Å²) >= 11 is 0. The van der Waals surface area contributed by atoms with Gasteiger partial charge in [-0.2, -0.15) is 0 Å². The predicted molar refractivity (Wildman–Crippen MR) is 37.5 cm³/mol. The molecule has 61 valence electrons. The van der Waals surface area contributed by atoms with Crippen LogP contribution in [0.3, 0.4) is 0 Å². The van der Waals surface area contributed by atoms with E-state index in [-0.39, 0.29) is 69.8 Å². The fraction of sp³-hybridized carbons (Fsp3) is 0.800. The standard InChI is InChI=1S/C5H11NO4.Rb/c1-3-5(2,4(7)8)6(9)10;/h9-10H,3H2,1-2H3,(H,7,8);. The van der Waals surface area contributed by atoms with Crippen molar-refractivity contribution in [1.82, 2.24) is 5.23 Å². The monoisotopic (exact) mass is 234 g/mol. The second-order valence-corrected chi connectivity index (χ2v) is 2.22. The Labute approximate surface area is 114 Å². The van der Waals surface area contributed by atoms with Gasteiger partial charge in [0.05, 0.1) is 0 Å². The van der Waals surface area contributed by atoms with Crippen LogP contribution in [0.4, 0.5) is 0 Å².